The number of hydrogen-bond donors (Lipinski definition) is 1. The lowest BCUT2D eigenvalue weighted by atomic mass is 9.91. The van der Waals surface area contributed by atoms with Crippen LogP contribution in [0.2, 0.25) is 5.02 Å². The van der Waals surface area contributed by atoms with Crippen LogP contribution in [0.25, 0.3) is 16.9 Å². The van der Waals surface area contributed by atoms with E-state index in [0.717, 1.165) is 6.20 Å². The predicted octanol–water partition coefficient (Wildman–Crippen LogP) is 5.05. The van der Waals surface area contributed by atoms with Gasteiger partial charge < -0.3 is 9.50 Å². The molecule has 3 rings (SSSR count). The van der Waals surface area contributed by atoms with Gasteiger partial charge in [0.1, 0.15) is 16.5 Å². The lowest BCUT2D eigenvalue weighted by molar-refractivity contribution is -0.120. The Hall–Kier alpha value is -3.52. The average molecular weight is 594 g/mol. The molecule has 0 saturated heterocycles. The number of carbonyl (C=O) groups is 1. The summed E-state index contributed by atoms with van der Waals surface area (Å²) in [5, 5.41) is 1.52. The number of nitrogens with one attached hydrogen (secondary N) is 1. The zero-order valence-electron chi connectivity index (χ0n) is 21.0. The molecule has 1 N–H and O–H groups in total. The Morgan fingerprint density at radius 3 is 2.31 bits per heavy atom. The Labute approximate surface area is 224 Å². The Kier molecular flexibility index (Phi) is 7.87. The first-order valence-electron chi connectivity index (χ1n) is 11.0. The van der Waals surface area contributed by atoms with Crippen LogP contribution in [0.5, 0.6) is 5.75 Å². The highest BCUT2D eigenvalue weighted by Crippen LogP contribution is 2.35. The summed E-state index contributed by atoms with van der Waals surface area (Å²) in [6.07, 6.45) is 1.14. The molecule has 0 atom stereocenters. The Bertz CT molecular complexity index is 1650. The van der Waals surface area contributed by atoms with Crippen LogP contribution >= 0.6 is 11.6 Å². The van der Waals surface area contributed by atoms with Gasteiger partial charge in [-0.25, -0.2) is 8.78 Å². The molecule has 1 aromatic carbocycles. The number of nitrogens with zero attached hydrogens (tertiary/aromatic N) is 2. The second kappa shape index (κ2) is 10.2. The van der Waals surface area contributed by atoms with Crippen LogP contribution in [0.1, 0.15) is 37.6 Å². The lowest BCUT2D eigenvalue weighted by Gasteiger charge is -2.27. The van der Waals surface area contributed by atoms with Crippen LogP contribution in [0.4, 0.5) is 22.0 Å². The molecule has 0 radical (unpaired) electrons. The molecule has 3 aromatic rings. The van der Waals surface area contributed by atoms with Crippen molar-refractivity contribution in [3.63, 3.8) is 0 Å². The molecule has 8 nitrogen and oxygen atoms in total. The topological polar surface area (TPSA) is 107 Å². The van der Waals surface area contributed by atoms with Gasteiger partial charge in [0.05, 0.1) is 11.2 Å². The van der Waals surface area contributed by atoms with Crippen LogP contribution in [0, 0.1) is 25.5 Å². The first-order valence-corrected chi connectivity index (χ1v) is 12.7. The molecule has 0 fully saturated rings. The normalized spacial score (nSPS) is 12.4. The molecule has 210 valence electrons. The number of pyridine rings is 2. The number of hydrogen-bond acceptors (Lipinski definition) is 6. The van der Waals surface area contributed by atoms with Crippen molar-refractivity contribution in [2.45, 2.75) is 45.7 Å². The first-order chi connectivity index (χ1) is 17.8. The third-order valence-electron chi connectivity index (χ3n) is 5.60. The van der Waals surface area contributed by atoms with E-state index in [0.29, 0.717) is 10.6 Å². The molecule has 0 aliphatic carbocycles. The van der Waals surface area contributed by atoms with Crippen molar-refractivity contribution >= 4 is 27.6 Å². The fraction of sp³-hybridized carbons (Fsp3) is 0.292. The Balaban J connectivity index is 2.24. The largest absolute Gasteiger partial charge is 0.534 e. The zero-order valence-corrected chi connectivity index (χ0v) is 22.6. The van der Waals surface area contributed by atoms with E-state index in [1.807, 2.05) is 0 Å². The third kappa shape index (κ3) is 5.62. The van der Waals surface area contributed by atoms with Gasteiger partial charge in [-0.2, -0.15) is 21.6 Å². The van der Waals surface area contributed by atoms with E-state index in [9.17, 15) is 31.2 Å². The highest BCUT2D eigenvalue weighted by atomic mass is 35.5. The number of benzene rings is 1. The van der Waals surface area contributed by atoms with E-state index in [1.165, 1.54) is 52.8 Å². The maximum atomic E-state index is 16.0. The zero-order chi connectivity index (χ0) is 29.7. The standard InChI is InChI=1S/C24H21ClF5N3O5S/c1-11-10-31-20(14-7-6-8-15(18(14)26)23(4,5)32-13(3)34)19(27)21(11)33-12(2)9-16(17(25)22(33)35)38-39(36,37)24(28,29)30/h6-10H,1-5H3,(H,32,34). The van der Waals surface area contributed by atoms with Crippen molar-refractivity contribution in [2.75, 3.05) is 0 Å². The van der Waals surface area contributed by atoms with E-state index in [2.05, 4.69) is 14.5 Å². The van der Waals surface area contributed by atoms with Crippen LogP contribution in [-0.4, -0.2) is 29.4 Å². The van der Waals surface area contributed by atoms with Gasteiger partial charge in [0.25, 0.3) is 5.56 Å². The van der Waals surface area contributed by atoms with Gasteiger partial charge in [0.2, 0.25) is 5.91 Å². The highest BCUT2D eigenvalue weighted by Gasteiger charge is 2.49. The quantitative estimate of drug-likeness (QED) is 0.244. The predicted molar refractivity (Wildman–Crippen MR) is 132 cm³/mol. The minimum absolute atomic E-state index is 0.0160. The molecule has 0 saturated carbocycles. The van der Waals surface area contributed by atoms with Gasteiger partial charge in [-0.15, -0.1) is 0 Å². The first kappa shape index (κ1) is 30.0. The molecule has 0 aliphatic heterocycles. The molecule has 2 aromatic heterocycles. The summed E-state index contributed by atoms with van der Waals surface area (Å²) in [6.45, 7) is 6.85. The van der Waals surface area contributed by atoms with E-state index < -0.39 is 66.4 Å². The molecule has 39 heavy (non-hydrogen) atoms. The molecule has 2 heterocycles. The minimum atomic E-state index is -6.16. The molecule has 0 bridgehead atoms. The molecule has 0 spiro atoms. The number of alkyl halides is 3. The highest BCUT2D eigenvalue weighted by molar-refractivity contribution is 7.88. The molecule has 0 unspecified atom stereocenters. The summed E-state index contributed by atoms with van der Waals surface area (Å²) >= 11 is 5.85. The molecule has 1 amide bonds. The van der Waals surface area contributed by atoms with Crippen molar-refractivity contribution < 1.29 is 39.3 Å². The number of carbonyl (C=O) groups excluding carboxylic acids is 1. The summed E-state index contributed by atoms with van der Waals surface area (Å²) in [5.74, 6) is -3.63. The van der Waals surface area contributed by atoms with Crippen molar-refractivity contribution in [2.24, 2.45) is 0 Å². The fourth-order valence-corrected chi connectivity index (χ4v) is 4.60. The van der Waals surface area contributed by atoms with Gasteiger partial charge in [-0.3, -0.25) is 19.1 Å². The number of rotatable bonds is 6. The second-order valence-electron chi connectivity index (χ2n) is 9.01. The van der Waals surface area contributed by atoms with Crippen molar-refractivity contribution in [3.05, 3.63) is 74.3 Å². The van der Waals surface area contributed by atoms with Gasteiger partial charge in [0, 0.05) is 36.0 Å². The van der Waals surface area contributed by atoms with E-state index >= 15 is 8.78 Å². The number of halogens is 6. The van der Waals surface area contributed by atoms with Gasteiger partial charge in [-0.05, 0) is 39.3 Å². The van der Waals surface area contributed by atoms with E-state index in [4.69, 9.17) is 11.6 Å². The minimum Gasteiger partial charge on any atom is -0.374 e. The monoisotopic (exact) mass is 593 g/mol. The molecule has 0 aliphatic rings. The van der Waals surface area contributed by atoms with Gasteiger partial charge in [-0.1, -0.05) is 23.7 Å². The SMILES string of the molecule is CC(=O)NC(C)(C)c1cccc(-c2ncc(C)c(-n3c(C)cc(OS(=O)(=O)C(F)(F)F)c(Cl)c3=O)c2F)c1F. The van der Waals surface area contributed by atoms with E-state index in [-0.39, 0.29) is 22.4 Å². The molecular weight excluding hydrogens is 573 g/mol. The molecule has 15 heteroatoms. The number of amides is 1. The third-order valence-corrected chi connectivity index (χ3v) is 6.91. The summed E-state index contributed by atoms with van der Waals surface area (Å²) in [7, 11) is -6.16. The number of aryl methyl sites for hydroxylation is 2. The van der Waals surface area contributed by atoms with Crippen molar-refractivity contribution in [1.82, 2.24) is 14.9 Å². The maximum absolute atomic E-state index is 16.0. The lowest BCUT2D eigenvalue weighted by Crippen LogP contribution is -2.40. The van der Waals surface area contributed by atoms with Gasteiger partial charge >= 0.3 is 15.6 Å². The van der Waals surface area contributed by atoms with Crippen LogP contribution in [0.3, 0.4) is 0 Å². The van der Waals surface area contributed by atoms with Gasteiger partial charge in [0.15, 0.2) is 11.6 Å². The van der Waals surface area contributed by atoms with Crippen molar-refractivity contribution in [1.29, 1.82) is 0 Å². The van der Waals surface area contributed by atoms with Crippen LogP contribution in [-0.2, 0) is 20.5 Å². The summed E-state index contributed by atoms with van der Waals surface area (Å²) in [6, 6.07) is 4.75. The number of aromatic nitrogens is 2. The van der Waals surface area contributed by atoms with E-state index in [1.54, 1.807) is 0 Å². The van der Waals surface area contributed by atoms with Crippen LogP contribution in [0.15, 0.2) is 35.3 Å². The summed E-state index contributed by atoms with van der Waals surface area (Å²) in [5.41, 5.74) is -9.75. The summed E-state index contributed by atoms with van der Waals surface area (Å²) in [4.78, 5) is 28.6. The van der Waals surface area contributed by atoms with Crippen molar-refractivity contribution in [3.8, 4) is 22.7 Å². The maximum Gasteiger partial charge on any atom is 0.534 e. The smallest absolute Gasteiger partial charge is 0.374 e. The average Bonchev–Trinajstić information content (AvgIpc) is 2.78. The molecular formula is C24H21ClF5N3O5S. The fourth-order valence-electron chi connectivity index (χ4n) is 3.92. The van der Waals surface area contributed by atoms with Crippen LogP contribution < -0.4 is 15.1 Å². The Morgan fingerprint density at radius 2 is 1.74 bits per heavy atom. The second-order valence-corrected chi connectivity index (χ2v) is 10.9. The summed E-state index contributed by atoms with van der Waals surface area (Å²) < 4.78 is 97.4. The Morgan fingerprint density at radius 1 is 1.13 bits per heavy atom.